The van der Waals surface area contributed by atoms with E-state index >= 15 is 0 Å². The van der Waals surface area contributed by atoms with Crippen LogP contribution in [0.1, 0.15) is 140 Å². The molecule has 2 aliphatic rings. The van der Waals surface area contributed by atoms with E-state index < -0.39 is 23.3 Å². The Kier molecular flexibility index (Phi) is 14.3. The predicted octanol–water partition coefficient (Wildman–Crippen LogP) is 15.1. The molecule has 0 saturated heterocycles. The molecule has 1 nitrogen and oxygen atoms in total. The maximum atomic E-state index is 14.2. The minimum Gasteiger partial charge on any atom is -0.365 e. The Bertz CT molecular complexity index is 1570. The molecule has 0 radical (unpaired) electrons. The number of unbranched alkanes of at least 4 members (excludes halogenated alkanes) is 4. The van der Waals surface area contributed by atoms with Gasteiger partial charge in [-0.2, -0.15) is 0 Å². The summed E-state index contributed by atoms with van der Waals surface area (Å²) in [6, 6.07) is 24.7. The lowest BCUT2D eigenvalue weighted by Crippen LogP contribution is -2.28. The highest BCUT2D eigenvalue weighted by atomic mass is 19.2. The van der Waals surface area contributed by atoms with Crippen LogP contribution in [0.25, 0.3) is 22.3 Å². The fourth-order valence-electron chi connectivity index (χ4n) is 9.09. The molecule has 0 amide bonds. The van der Waals surface area contributed by atoms with Crippen LogP contribution in [0.4, 0.5) is 17.6 Å². The Hall–Kier alpha value is -3.44. The highest BCUT2D eigenvalue weighted by Gasteiger charge is 2.36. The van der Waals surface area contributed by atoms with Crippen molar-refractivity contribution >= 4 is 0 Å². The Morgan fingerprint density at radius 1 is 0.453 bits per heavy atom. The minimum atomic E-state index is -0.845. The van der Waals surface area contributed by atoms with Crippen molar-refractivity contribution in [2.75, 3.05) is 0 Å². The summed E-state index contributed by atoms with van der Waals surface area (Å²) < 4.78 is 63.3. The van der Waals surface area contributed by atoms with Gasteiger partial charge in [-0.3, -0.25) is 0 Å². The first-order valence-corrected chi connectivity index (χ1v) is 20.6. The number of hydrogen-bond donors (Lipinski definition) is 0. The van der Waals surface area contributed by atoms with Crippen molar-refractivity contribution in [2.24, 2.45) is 23.7 Å². The zero-order valence-corrected chi connectivity index (χ0v) is 31.8. The van der Waals surface area contributed by atoms with Crippen LogP contribution < -0.4 is 0 Å². The zero-order chi connectivity index (χ0) is 37.2. The van der Waals surface area contributed by atoms with Gasteiger partial charge in [0.25, 0.3) is 0 Å². The smallest absolute Gasteiger partial charge is 0.159 e. The summed E-state index contributed by atoms with van der Waals surface area (Å²) in [7, 11) is 0. The van der Waals surface area contributed by atoms with E-state index in [0.717, 1.165) is 59.8 Å². The van der Waals surface area contributed by atoms with Gasteiger partial charge in [-0.25, -0.2) is 17.6 Å². The van der Waals surface area contributed by atoms with E-state index in [4.69, 9.17) is 4.74 Å². The minimum absolute atomic E-state index is 0.108. The van der Waals surface area contributed by atoms with Gasteiger partial charge < -0.3 is 4.74 Å². The zero-order valence-electron chi connectivity index (χ0n) is 31.8. The lowest BCUT2D eigenvalue weighted by molar-refractivity contribution is -0.0907. The molecular formula is C48H58F4O. The quantitative estimate of drug-likeness (QED) is 0.0825. The number of hydrogen-bond acceptors (Lipinski definition) is 1. The molecule has 2 unspecified atom stereocenters. The summed E-state index contributed by atoms with van der Waals surface area (Å²) in [5.41, 5.74) is 5.24. The molecule has 2 atom stereocenters. The van der Waals surface area contributed by atoms with Crippen molar-refractivity contribution in [1.82, 2.24) is 0 Å². The largest absolute Gasteiger partial charge is 0.365 e. The highest BCUT2D eigenvalue weighted by Crippen LogP contribution is 2.47. The number of rotatable bonds is 16. The fourth-order valence-corrected chi connectivity index (χ4v) is 9.09. The summed E-state index contributed by atoms with van der Waals surface area (Å²) in [6.45, 7) is 4.53. The van der Waals surface area contributed by atoms with Crippen LogP contribution in [0.2, 0.25) is 0 Å². The van der Waals surface area contributed by atoms with E-state index in [1.165, 1.54) is 101 Å². The molecule has 2 saturated carbocycles. The van der Waals surface area contributed by atoms with E-state index in [-0.39, 0.29) is 12.2 Å². The summed E-state index contributed by atoms with van der Waals surface area (Å²) in [6.07, 6.45) is 19.5. The Balaban J connectivity index is 1.29. The van der Waals surface area contributed by atoms with Crippen molar-refractivity contribution < 1.29 is 22.3 Å². The summed E-state index contributed by atoms with van der Waals surface area (Å²) >= 11 is 0. The van der Waals surface area contributed by atoms with Crippen molar-refractivity contribution in [3.8, 4) is 22.3 Å². The van der Waals surface area contributed by atoms with Crippen molar-refractivity contribution in [3.63, 3.8) is 0 Å². The molecule has 2 fully saturated rings. The van der Waals surface area contributed by atoms with Gasteiger partial charge >= 0.3 is 0 Å². The Morgan fingerprint density at radius 3 is 1.15 bits per heavy atom. The molecule has 53 heavy (non-hydrogen) atoms. The third-order valence-corrected chi connectivity index (χ3v) is 12.3. The lowest BCUT2D eigenvalue weighted by atomic mass is 9.74. The van der Waals surface area contributed by atoms with E-state index in [1.54, 1.807) is 12.1 Å². The van der Waals surface area contributed by atoms with Crippen molar-refractivity contribution in [2.45, 2.75) is 129 Å². The van der Waals surface area contributed by atoms with Crippen molar-refractivity contribution in [3.05, 3.63) is 119 Å². The van der Waals surface area contributed by atoms with Gasteiger partial charge in [0.05, 0.1) is 12.2 Å². The second-order valence-electron chi connectivity index (χ2n) is 16.0. The standard InChI is InChI=1S/C48H58F4O/c1-3-5-7-9-33-11-15-37(16-12-33)47(39-23-19-35(20-24-39)41-27-29-43(49)45(51)31-41)53-48(38-17-13-34(14-18-38)10-8-6-4-2)40-25-21-36(22-26-40)42-28-30-44(50)46(52)32-42/h19-34,37-38,47-48H,3-18H2,1-2H3. The molecule has 0 N–H and O–H groups in total. The van der Waals surface area contributed by atoms with E-state index in [9.17, 15) is 17.6 Å². The molecule has 4 aromatic carbocycles. The van der Waals surface area contributed by atoms with Crippen LogP contribution in [0.3, 0.4) is 0 Å². The highest BCUT2D eigenvalue weighted by molar-refractivity contribution is 5.64. The molecular weight excluding hydrogens is 669 g/mol. The van der Waals surface area contributed by atoms with Gasteiger partial charge in [-0.15, -0.1) is 0 Å². The normalized spacial score (nSPS) is 21.7. The molecule has 0 aromatic heterocycles. The topological polar surface area (TPSA) is 9.23 Å². The Labute approximate surface area is 315 Å². The third kappa shape index (κ3) is 10.4. The lowest BCUT2D eigenvalue weighted by Gasteiger charge is -2.40. The first-order valence-electron chi connectivity index (χ1n) is 20.6. The third-order valence-electron chi connectivity index (χ3n) is 12.3. The second-order valence-corrected chi connectivity index (χ2v) is 16.0. The van der Waals surface area contributed by atoms with Gasteiger partial charge in [0.15, 0.2) is 23.3 Å². The first-order chi connectivity index (χ1) is 25.8. The SMILES string of the molecule is CCCCCC1CCC(C(OC(c2ccc(-c3ccc(F)c(F)c3)cc2)C2CCC(CCCCC)CC2)c2ccc(-c3ccc(F)c(F)c3)cc2)CC1. The molecule has 2 aliphatic carbocycles. The first kappa shape index (κ1) is 39.3. The Morgan fingerprint density at radius 2 is 0.811 bits per heavy atom. The van der Waals surface area contributed by atoms with E-state index in [1.807, 2.05) is 24.3 Å². The molecule has 0 aliphatic heterocycles. The van der Waals surface area contributed by atoms with Crippen molar-refractivity contribution in [1.29, 1.82) is 0 Å². The molecule has 0 spiro atoms. The van der Waals surface area contributed by atoms with Gasteiger partial charge in [0.2, 0.25) is 0 Å². The maximum Gasteiger partial charge on any atom is 0.159 e. The second kappa shape index (κ2) is 19.2. The molecule has 0 heterocycles. The fraction of sp³-hybridized carbons (Fsp3) is 0.500. The van der Waals surface area contributed by atoms with Crippen LogP contribution >= 0.6 is 0 Å². The number of halogens is 4. The monoisotopic (exact) mass is 726 g/mol. The predicted molar refractivity (Wildman–Crippen MR) is 209 cm³/mol. The summed E-state index contributed by atoms with van der Waals surface area (Å²) in [4.78, 5) is 0. The number of benzene rings is 4. The maximum absolute atomic E-state index is 14.2. The molecule has 5 heteroatoms. The van der Waals surface area contributed by atoms with Gasteiger partial charge in [-0.05, 0) is 107 Å². The van der Waals surface area contributed by atoms with Crippen LogP contribution in [0.15, 0.2) is 84.9 Å². The summed E-state index contributed by atoms with van der Waals surface area (Å²) in [5, 5.41) is 0. The average Bonchev–Trinajstić information content (AvgIpc) is 3.19. The molecule has 6 rings (SSSR count). The van der Waals surface area contributed by atoms with E-state index in [0.29, 0.717) is 23.0 Å². The van der Waals surface area contributed by atoms with Crippen LogP contribution in [-0.2, 0) is 4.74 Å². The van der Waals surface area contributed by atoms with Crippen LogP contribution in [0, 0.1) is 46.9 Å². The molecule has 284 valence electrons. The van der Waals surface area contributed by atoms with Gasteiger partial charge in [0.1, 0.15) is 0 Å². The summed E-state index contributed by atoms with van der Waals surface area (Å²) in [5.74, 6) is -1.08. The van der Waals surface area contributed by atoms with Gasteiger partial charge in [-0.1, -0.05) is 152 Å². The van der Waals surface area contributed by atoms with Crippen LogP contribution in [0.5, 0.6) is 0 Å². The van der Waals surface area contributed by atoms with E-state index in [2.05, 4.69) is 38.1 Å². The van der Waals surface area contributed by atoms with Crippen LogP contribution in [-0.4, -0.2) is 0 Å². The van der Waals surface area contributed by atoms with Gasteiger partial charge in [0, 0.05) is 0 Å². The number of ether oxygens (including phenoxy) is 1. The molecule has 4 aromatic rings. The molecule has 0 bridgehead atoms. The average molecular weight is 727 g/mol.